The summed E-state index contributed by atoms with van der Waals surface area (Å²) in [6.45, 7) is 0.949. The number of imidazole rings is 1. The second kappa shape index (κ2) is 6.24. The molecule has 1 unspecified atom stereocenters. The largest absolute Gasteiger partial charge is 0.311 e. The quantitative estimate of drug-likeness (QED) is 0.761. The normalized spacial score (nSPS) is 20.0. The molecule has 2 aromatic rings. The molecule has 0 aliphatic carbocycles. The first-order valence-corrected chi connectivity index (χ1v) is 9.57. The molecule has 7 heteroatoms. The summed E-state index contributed by atoms with van der Waals surface area (Å²) in [5, 5.41) is 0.628. The summed E-state index contributed by atoms with van der Waals surface area (Å²) in [5.41, 5.74) is 1.86. The van der Waals surface area contributed by atoms with Crippen molar-refractivity contribution in [2.45, 2.75) is 17.7 Å². The number of alkyl halides is 1. The van der Waals surface area contributed by atoms with Crippen molar-refractivity contribution in [2.75, 3.05) is 17.3 Å². The van der Waals surface area contributed by atoms with Gasteiger partial charge in [0.25, 0.3) is 0 Å². The standard InChI is InChI=1S/C12H13BrClN3S2/c13-8-3-10-12(15-5-8)17(11(4-14)16-10)6-9-7-18-1-2-19-9/h3,5,9H,1-2,4,6-7H2. The highest BCUT2D eigenvalue weighted by molar-refractivity contribution is 9.10. The Labute approximate surface area is 134 Å². The molecule has 0 aromatic carbocycles. The van der Waals surface area contributed by atoms with Crippen molar-refractivity contribution in [1.82, 2.24) is 14.5 Å². The minimum Gasteiger partial charge on any atom is -0.311 e. The van der Waals surface area contributed by atoms with Crippen LogP contribution in [0, 0.1) is 0 Å². The van der Waals surface area contributed by atoms with Gasteiger partial charge >= 0.3 is 0 Å². The van der Waals surface area contributed by atoms with Crippen LogP contribution in [0.25, 0.3) is 11.2 Å². The molecule has 0 N–H and O–H groups in total. The molecule has 102 valence electrons. The predicted octanol–water partition coefficient (Wildman–Crippen LogP) is 3.78. The number of pyridine rings is 1. The lowest BCUT2D eigenvalue weighted by Gasteiger charge is -2.22. The van der Waals surface area contributed by atoms with E-state index in [1.807, 2.05) is 35.8 Å². The van der Waals surface area contributed by atoms with Gasteiger partial charge < -0.3 is 4.57 Å². The molecular formula is C12H13BrClN3S2. The number of rotatable bonds is 3. The molecule has 0 radical (unpaired) electrons. The van der Waals surface area contributed by atoms with Crippen molar-refractivity contribution in [1.29, 1.82) is 0 Å². The van der Waals surface area contributed by atoms with Crippen LogP contribution in [0.5, 0.6) is 0 Å². The Morgan fingerprint density at radius 1 is 1.47 bits per heavy atom. The molecule has 3 nitrogen and oxygen atoms in total. The Morgan fingerprint density at radius 3 is 3.11 bits per heavy atom. The molecule has 1 aliphatic rings. The Balaban J connectivity index is 1.95. The van der Waals surface area contributed by atoms with E-state index < -0.39 is 0 Å². The van der Waals surface area contributed by atoms with Crippen LogP contribution in [0.3, 0.4) is 0 Å². The molecule has 1 fully saturated rings. The Kier molecular flexibility index (Phi) is 4.62. The maximum atomic E-state index is 6.03. The van der Waals surface area contributed by atoms with Crippen molar-refractivity contribution in [3.63, 3.8) is 0 Å². The number of hydrogen-bond donors (Lipinski definition) is 0. The van der Waals surface area contributed by atoms with Gasteiger partial charge in [-0.15, -0.1) is 11.6 Å². The van der Waals surface area contributed by atoms with Crippen LogP contribution in [0.15, 0.2) is 16.7 Å². The van der Waals surface area contributed by atoms with E-state index in [-0.39, 0.29) is 0 Å². The summed E-state index contributed by atoms with van der Waals surface area (Å²) < 4.78 is 3.13. The van der Waals surface area contributed by atoms with Crippen LogP contribution >= 0.6 is 51.1 Å². The van der Waals surface area contributed by atoms with Gasteiger partial charge in [-0.05, 0) is 22.0 Å². The fourth-order valence-corrected chi connectivity index (χ4v) is 5.35. The third-order valence-electron chi connectivity index (χ3n) is 3.02. The molecule has 2 aromatic heterocycles. The molecule has 19 heavy (non-hydrogen) atoms. The van der Waals surface area contributed by atoms with E-state index in [0.29, 0.717) is 11.1 Å². The van der Waals surface area contributed by atoms with E-state index >= 15 is 0 Å². The molecule has 1 saturated heterocycles. The van der Waals surface area contributed by atoms with Gasteiger partial charge in [0, 0.05) is 39.7 Å². The van der Waals surface area contributed by atoms with Crippen LogP contribution in [0.4, 0.5) is 0 Å². The smallest absolute Gasteiger partial charge is 0.160 e. The molecule has 0 saturated carbocycles. The SMILES string of the molecule is ClCc1nc2cc(Br)cnc2n1CC1CSCCS1. The van der Waals surface area contributed by atoms with Crippen LogP contribution in [0.2, 0.25) is 0 Å². The third-order valence-corrected chi connectivity index (χ3v) is 6.52. The zero-order chi connectivity index (χ0) is 13.2. The van der Waals surface area contributed by atoms with Gasteiger partial charge in [0.05, 0.1) is 5.88 Å². The Hall–Kier alpha value is 0.0900. The van der Waals surface area contributed by atoms with Crippen molar-refractivity contribution in [3.8, 4) is 0 Å². The van der Waals surface area contributed by atoms with Crippen LogP contribution in [-0.4, -0.2) is 37.0 Å². The zero-order valence-electron chi connectivity index (χ0n) is 10.2. The van der Waals surface area contributed by atoms with Gasteiger partial charge in [0.1, 0.15) is 11.3 Å². The van der Waals surface area contributed by atoms with Crippen LogP contribution in [-0.2, 0) is 12.4 Å². The van der Waals surface area contributed by atoms with Gasteiger partial charge in [-0.3, -0.25) is 0 Å². The first-order valence-electron chi connectivity index (χ1n) is 6.04. The highest BCUT2D eigenvalue weighted by atomic mass is 79.9. The summed E-state index contributed by atoms with van der Waals surface area (Å²) in [4.78, 5) is 9.07. The number of thioether (sulfide) groups is 2. The summed E-state index contributed by atoms with van der Waals surface area (Å²) >= 11 is 13.5. The first kappa shape index (κ1) is 14.0. The zero-order valence-corrected chi connectivity index (χ0v) is 14.2. The number of fused-ring (bicyclic) bond motifs is 1. The van der Waals surface area contributed by atoms with Gasteiger partial charge in [-0.1, -0.05) is 0 Å². The highest BCUT2D eigenvalue weighted by Gasteiger charge is 2.19. The van der Waals surface area contributed by atoms with E-state index in [1.54, 1.807) is 0 Å². The predicted molar refractivity (Wildman–Crippen MR) is 88.4 cm³/mol. The molecule has 3 rings (SSSR count). The summed E-state index contributed by atoms with van der Waals surface area (Å²) in [6, 6.07) is 2.00. The number of nitrogens with zero attached hydrogens (tertiary/aromatic N) is 3. The van der Waals surface area contributed by atoms with E-state index in [1.165, 1.54) is 17.3 Å². The topological polar surface area (TPSA) is 30.7 Å². The van der Waals surface area contributed by atoms with Crippen molar-refractivity contribution < 1.29 is 0 Å². The monoisotopic (exact) mass is 377 g/mol. The lowest BCUT2D eigenvalue weighted by Crippen LogP contribution is -2.21. The average molecular weight is 379 g/mol. The summed E-state index contributed by atoms with van der Waals surface area (Å²) in [5.74, 6) is 5.04. The van der Waals surface area contributed by atoms with E-state index in [0.717, 1.165) is 28.0 Å². The van der Waals surface area contributed by atoms with Crippen LogP contribution in [0.1, 0.15) is 5.82 Å². The molecule has 0 bridgehead atoms. The average Bonchev–Trinajstić information content (AvgIpc) is 2.77. The minimum absolute atomic E-state index is 0.429. The summed E-state index contributed by atoms with van der Waals surface area (Å²) in [6.07, 6.45) is 1.82. The molecular weight excluding hydrogens is 366 g/mol. The van der Waals surface area contributed by atoms with Crippen LogP contribution < -0.4 is 0 Å². The second-order valence-corrected chi connectivity index (χ2v) is 8.08. The molecule has 3 heterocycles. The van der Waals surface area contributed by atoms with Gasteiger partial charge in [0.15, 0.2) is 5.65 Å². The van der Waals surface area contributed by atoms with Crippen molar-refractivity contribution >= 4 is 62.2 Å². The highest BCUT2D eigenvalue weighted by Crippen LogP contribution is 2.27. The number of halogens is 2. The third kappa shape index (κ3) is 3.06. The van der Waals surface area contributed by atoms with Gasteiger partial charge in [0.2, 0.25) is 0 Å². The summed E-state index contributed by atoms with van der Waals surface area (Å²) in [7, 11) is 0. The van der Waals surface area contributed by atoms with E-state index in [9.17, 15) is 0 Å². The number of hydrogen-bond acceptors (Lipinski definition) is 4. The van der Waals surface area contributed by atoms with E-state index in [2.05, 4.69) is 30.5 Å². The minimum atomic E-state index is 0.429. The van der Waals surface area contributed by atoms with Gasteiger partial charge in [-0.25, -0.2) is 9.97 Å². The van der Waals surface area contributed by atoms with Crippen molar-refractivity contribution in [2.24, 2.45) is 0 Å². The molecule has 0 spiro atoms. The lowest BCUT2D eigenvalue weighted by molar-refractivity contribution is 0.681. The molecule has 1 aliphatic heterocycles. The first-order chi connectivity index (χ1) is 9.28. The maximum absolute atomic E-state index is 6.03. The fourth-order valence-electron chi connectivity index (χ4n) is 2.17. The molecule has 1 atom stereocenters. The van der Waals surface area contributed by atoms with Crippen molar-refractivity contribution in [3.05, 3.63) is 22.6 Å². The molecule has 0 amide bonds. The van der Waals surface area contributed by atoms with E-state index in [4.69, 9.17) is 11.6 Å². The second-order valence-electron chi connectivity index (χ2n) is 4.34. The fraction of sp³-hybridized carbons (Fsp3) is 0.500. The Morgan fingerprint density at radius 2 is 2.37 bits per heavy atom. The Bertz CT molecular complexity index is 584. The number of aromatic nitrogens is 3. The van der Waals surface area contributed by atoms with Gasteiger partial charge in [-0.2, -0.15) is 23.5 Å². The lowest BCUT2D eigenvalue weighted by atomic mass is 10.4. The maximum Gasteiger partial charge on any atom is 0.160 e.